The topological polar surface area (TPSA) is 99.3 Å². The third-order valence-corrected chi connectivity index (χ3v) is 3.44. The predicted octanol–water partition coefficient (Wildman–Crippen LogP) is 3.19. The van der Waals surface area contributed by atoms with Gasteiger partial charge in [-0.15, -0.1) is 0 Å². The zero-order chi connectivity index (χ0) is 17.4. The van der Waals surface area contributed by atoms with Crippen LogP contribution < -0.4 is 0 Å². The van der Waals surface area contributed by atoms with Gasteiger partial charge in [0, 0.05) is 24.0 Å². The van der Waals surface area contributed by atoms with E-state index >= 15 is 0 Å². The molecule has 0 bridgehead atoms. The van der Waals surface area contributed by atoms with Crippen molar-refractivity contribution in [1.82, 2.24) is 0 Å². The highest BCUT2D eigenvalue weighted by molar-refractivity contribution is 6.49. The summed E-state index contributed by atoms with van der Waals surface area (Å²) < 4.78 is 0. The van der Waals surface area contributed by atoms with Gasteiger partial charge < -0.3 is 10.4 Å². The molecule has 0 unspecified atom stereocenters. The molecule has 6 heteroatoms. The van der Waals surface area contributed by atoms with Crippen LogP contribution in [0.3, 0.4) is 0 Å². The monoisotopic (exact) mass is 324 g/mol. The van der Waals surface area contributed by atoms with E-state index in [9.17, 15) is 9.59 Å². The van der Waals surface area contributed by atoms with Gasteiger partial charge in [0.2, 0.25) is 11.6 Å². The number of nitrogens with zero attached hydrogens (tertiary/aromatic N) is 2. The fourth-order valence-corrected chi connectivity index (χ4v) is 2.17. The van der Waals surface area contributed by atoms with Gasteiger partial charge in [-0.05, 0) is 0 Å². The smallest absolute Gasteiger partial charge is 0.210 e. The lowest BCUT2D eigenvalue weighted by Gasteiger charge is -2.06. The number of rotatable bonds is 7. The Kier molecular flexibility index (Phi) is 5.96. The van der Waals surface area contributed by atoms with E-state index in [0.717, 1.165) is 0 Å². The number of Topliss-reactive ketones (excluding diaryl/α,β-unsaturated/α-hetero) is 2. The van der Waals surface area contributed by atoms with Crippen molar-refractivity contribution in [3.63, 3.8) is 0 Å². The number of benzene rings is 2. The van der Waals surface area contributed by atoms with Crippen LogP contribution in [0.2, 0.25) is 0 Å². The van der Waals surface area contributed by atoms with Crippen molar-refractivity contribution in [1.29, 1.82) is 0 Å². The van der Waals surface area contributed by atoms with Crippen molar-refractivity contribution >= 4 is 23.0 Å². The van der Waals surface area contributed by atoms with Crippen LogP contribution in [0.25, 0.3) is 0 Å². The maximum Gasteiger partial charge on any atom is 0.210 e. The van der Waals surface area contributed by atoms with Crippen LogP contribution in [0.1, 0.15) is 33.6 Å². The van der Waals surface area contributed by atoms with Gasteiger partial charge in [-0.2, -0.15) is 0 Å². The van der Waals surface area contributed by atoms with Crippen LogP contribution in [-0.2, 0) is 0 Å². The Hall–Kier alpha value is -3.28. The lowest BCUT2D eigenvalue weighted by Crippen LogP contribution is -2.20. The number of hydrogen-bond acceptors (Lipinski definition) is 6. The Bertz CT molecular complexity index is 701. The first-order valence-electron chi connectivity index (χ1n) is 7.28. The largest absolute Gasteiger partial charge is 0.411 e. The van der Waals surface area contributed by atoms with Crippen molar-refractivity contribution in [3.05, 3.63) is 71.8 Å². The number of ketones is 2. The summed E-state index contributed by atoms with van der Waals surface area (Å²) in [6.45, 7) is 0. The molecule has 24 heavy (non-hydrogen) atoms. The Morgan fingerprint density at radius 1 is 0.667 bits per heavy atom. The highest BCUT2D eigenvalue weighted by Crippen LogP contribution is 2.09. The van der Waals surface area contributed by atoms with E-state index in [4.69, 9.17) is 10.4 Å². The van der Waals surface area contributed by atoms with E-state index in [1.165, 1.54) is 0 Å². The molecule has 2 aromatic rings. The molecule has 6 nitrogen and oxygen atoms in total. The van der Waals surface area contributed by atoms with Gasteiger partial charge in [-0.1, -0.05) is 71.0 Å². The zero-order valence-electron chi connectivity index (χ0n) is 12.8. The summed E-state index contributed by atoms with van der Waals surface area (Å²) in [6, 6.07) is 16.7. The highest BCUT2D eigenvalue weighted by Gasteiger charge is 2.19. The standard InChI is InChI=1S/C18H16N2O4/c21-17(13-7-3-1-4-8-13)15(19-23)11-12-16(20-24)18(22)14-9-5-2-6-10-14/h1-10,23-24H,11-12H2. The number of hydrogen-bond donors (Lipinski definition) is 2. The van der Waals surface area contributed by atoms with Gasteiger partial charge in [0.25, 0.3) is 0 Å². The predicted molar refractivity (Wildman–Crippen MR) is 89.2 cm³/mol. The van der Waals surface area contributed by atoms with E-state index in [2.05, 4.69) is 10.3 Å². The second-order valence-corrected chi connectivity index (χ2v) is 4.98. The lowest BCUT2D eigenvalue weighted by atomic mass is 9.99. The van der Waals surface area contributed by atoms with Crippen molar-refractivity contribution in [2.75, 3.05) is 0 Å². The Balaban J connectivity index is 2.07. The van der Waals surface area contributed by atoms with Crippen LogP contribution >= 0.6 is 0 Å². The summed E-state index contributed by atoms with van der Waals surface area (Å²) in [5, 5.41) is 24.2. The first-order chi connectivity index (χ1) is 11.7. The van der Waals surface area contributed by atoms with Gasteiger partial charge in [-0.3, -0.25) is 9.59 Å². The molecule has 0 heterocycles. The number of carbonyl (C=O) groups excluding carboxylic acids is 2. The molecular formula is C18H16N2O4. The van der Waals surface area contributed by atoms with Crippen LogP contribution in [0.4, 0.5) is 0 Å². The molecule has 0 fully saturated rings. The third kappa shape index (κ3) is 4.13. The van der Waals surface area contributed by atoms with E-state index < -0.39 is 11.6 Å². The molecule has 0 aromatic heterocycles. The molecule has 0 atom stereocenters. The minimum atomic E-state index is -0.442. The van der Waals surface area contributed by atoms with Crippen LogP contribution in [0.15, 0.2) is 71.0 Å². The van der Waals surface area contributed by atoms with Crippen molar-refractivity contribution in [2.24, 2.45) is 10.3 Å². The molecule has 122 valence electrons. The summed E-state index contributed by atoms with van der Waals surface area (Å²) in [4.78, 5) is 24.5. The van der Waals surface area contributed by atoms with E-state index in [-0.39, 0.29) is 24.3 Å². The molecule has 0 radical (unpaired) electrons. The lowest BCUT2D eigenvalue weighted by molar-refractivity contribution is 0.104. The van der Waals surface area contributed by atoms with E-state index in [1.54, 1.807) is 60.7 Å². The first kappa shape index (κ1) is 17.1. The molecule has 0 amide bonds. The molecule has 0 aliphatic heterocycles. The Morgan fingerprint density at radius 3 is 1.29 bits per heavy atom. The van der Waals surface area contributed by atoms with Crippen molar-refractivity contribution < 1.29 is 20.0 Å². The van der Waals surface area contributed by atoms with Crippen LogP contribution in [0.5, 0.6) is 0 Å². The van der Waals surface area contributed by atoms with Gasteiger partial charge in [0.05, 0.1) is 0 Å². The minimum absolute atomic E-state index is 0.0256. The second kappa shape index (κ2) is 8.38. The van der Waals surface area contributed by atoms with Crippen molar-refractivity contribution in [2.45, 2.75) is 12.8 Å². The van der Waals surface area contributed by atoms with Crippen molar-refractivity contribution in [3.8, 4) is 0 Å². The van der Waals surface area contributed by atoms with Crippen LogP contribution in [-0.4, -0.2) is 33.4 Å². The minimum Gasteiger partial charge on any atom is -0.411 e. The summed E-state index contributed by atoms with van der Waals surface area (Å²) >= 11 is 0. The molecule has 2 rings (SSSR count). The second-order valence-electron chi connectivity index (χ2n) is 4.98. The molecule has 0 aliphatic carbocycles. The SMILES string of the molecule is O=C(C(CCC(=NO)C(=O)c1ccccc1)=NO)c1ccccc1. The molecule has 0 spiro atoms. The van der Waals surface area contributed by atoms with E-state index in [0.29, 0.717) is 11.1 Å². The summed E-state index contributed by atoms with van der Waals surface area (Å²) in [5.41, 5.74) is 0.538. The maximum atomic E-state index is 12.2. The average Bonchev–Trinajstić information content (AvgIpc) is 2.66. The molecule has 2 aromatic carbocycles. The quantitative estimate of drug-likeness (QED) is 0.353. The molecule has 0 saturated carbocycles. The Morgan fingerprint density at radius 2 is 1.00 bits per heavy atom. The zero-order valence-corrected chi connectivity index (χ0v) is 12.8. The van der Waals surface area contributed by atoms with Gasteiger partial charge in [0.1, 0.15) is 11.4 Å². The van der Waals surface area contributed by atoms with E-state index in [1.807, 2.05) is 0 Å². The fourth-order valence-electron chi connectivity index (χ4n) is 2.17. The Labute approximate surface area is 138 Å². The van der Waals surface area contributed by atoms with Gasteiger partial charge >= 0.3 is 0 Å². The number of oxime groups is 2. The first-order valence-corrected chi connectivity index (χ1v) is 7.28. The highest BCUT2D eigenvalue weighted by atomic mass is 16.4. The van der Waals surface area contributed by atoms with Crippen LogP contribution in [0, 0.1) is 0 Å². The fraction of sp³-hybridized carbons (Fsp3) is 0.111. The molecule has 0 saturated heterocycles. The summed E-state index contributed by atoms with van der Waals surface area (Å²) in [5.74, 6) is -0.884. The average molecular weight is 324 g/mol. The summed E-state index contributed by atoms with van der Waals surface area (Å²) in [6.07, 6.45) is -0.0512. The molecule has 0 aliphatic rings. The number of carbonyl (C=O) groups is 2. The molecular weight excluding hydrogens is 308 g/mol. The summed E-state index contributed by atoms with van der Waals surface area (Å²) in [7, 11) is 0. The maximum absolute atomic E-state index is 12.2. The molecule has 2 N–H and O–H groups in total. The van der Waals surface area contributed by atoms with Gasteiger partial charge in [-0.25, -0.2) is 0 Å². The normalized spacial score (nSPS) is 12.0. The third-order valence-electron chi connectivity index (χ3n) is 3.44. The van der Waals surface area contributed by atoms with Gasteiger partial charge in [0.15, 0.2) is 0 Å².